The van der Waals surface area contributed by atoms with E-state index in [1.165, 1.54) is 4.90 Å². The van der Waals surface area contributed by atoms with Crippen LogP contribution in [0.4, 0.5) is 5.69 Å². The predicted octanol–water partition coefficient (Wildman–Crippen LogP) is 5.51. The third kappa shape index (κ3) is 3.33. The molecule has 2 saturated heterocycles. The van der Waals surface area contributed by atoms with Gasteiger partial charge in [-0.05, 0) is 75.6 Å². The third-order valence-electron chi connectivity index (χ3n) is 7.25. The van der Waals surface area contributed by atoms with E-state index >= 15 is 0 Å². The summed E-state index contributed by atoms with van der Waals surface area (Å²) in [4.78, 5) is 44.9. The molecule has 2 amide bonds. The number of benzene rings is 3. The highest BCUT2D eigenvalue weighted by atomic mass is 79.9. The highest BCUT2D eigenvalue weighted by Gasteiger charge is 2.64. The van der Waals surface area contributed by atoms with Crippen LogP contribution in [0.25, 0.3) is 6.08 Å². The van der Waals surface area contributed by atoms with Gasteiger partial charge in [0.1, 0.15) is 11.8 Å². The fourth-order valence-electron chi connectivity index (χ4n) is 5.69. The van der Waals surface area contributed by atoms with E-state index in [0.717, 1.165) is 11.1 Å². The van der Waals surface area contributed by atoms with Crippen molar-refractivity contribution in [2.75, 3.05) is 12.0 Å². The summed E-state index contributed by atoms with van der Waals surface area (Å²) < 4.78 is 5.94. The normalized spacial score (nSPS) is 24.0. The van der Waals surface area contributed by atoms with Crippen molar-refractivity contribution in [3.05, 3.63) is 99.1 Å². The molecule has 0 unspecified atom stereocenters. The average Bonchev–Trinajstić information content (AvgIpc) is 3.36. The van der Waals surface area contributed by atoms with Crippen molar-refractivity contribution in [2.45, 2.75) is 12.1 Å². The van der Waals surface area contributed by atoms with Gasteiger partial charge in [-0.3, -0.25) is 14.4 Å². The monoisotopic (exact) mass is 562 g/mol. The maximum atomic E-state index is 14.0. The minimum Gasteiger partial charge on any atom is -0.496 e. The molecule has 8 heteroatoms. The van der Waals surface area contributed by atoms with Crippen LogP contribution >= 0.6 is 27.5 Å². The minimum absolute atomic E-state index is 0.223. The SMILES string of the molecule is COc1ccc(C(=O)[C@@H]2[C@@H]3C(=O)N(c4ccc(Cl)cc4)C(=O)[C@H]3[C@@H]3c4ccccc4C=CN23)cc1Br. The van der Waals surface area contributed by atoms with Crippen LogP contribution in [-0.2, 0) is 9.59 Å². The lowest BCUT2D eigenvalue weighted by Gasteiger charge is -2.35. The highest BCUT2D eigenvalue weighted by Crippen LogP contribution is 2.53. The molecule has 3 aromatic carbocycles. The lowest BCUT2D eigenvalue weighted by molar-refractivity contribution is -0.123. The van der Waals surface area contributed by atoms with E-state index in [0.29, 0.717) is 26.5 Å². The van der Waals surface area contributed by atoms with Crippen molar-refractivity contribution >= 4 is 56.9 Å². The van der Waals surface area contributed by atoms with Gasteiger partial charge in [0.15, 0.2) is 5.78 Å². The molecule has 0 radical (unpaired) electrons. The molecule has 180 valence electrons. The Morgan fingerprint density at radius 1 is 0.972 bits per heavy atom. The topological polar surface area (TPSA) is 66.9 Å². The number of hydrogen-bond donors (Lipinski definition) is 0. The standard InChI is InChI=1S/C28H20BrClN2O4/c1-36-21-11-6-16(14-20(21)29)26(33)25-23-22(24-19-5-3-2-4-15(19)12-13-31(24)25)27(34)32(28(23)35)18-9-7-17(30)8-10-18/h2-14,22-25H,1H3/t22-,23-,24+,25+/m1/s1. The first-order valence-corrected chi connectivity index (χ1v) is 12.6. The second kappa shape index (κ2) is 8.61. The van der Waals surface area contributed by atoms with Crippen molar-refractivity contribution in [1.82, 2.24) is 4.90 Å². The van der Waals surface area contributed by atoms with Crippen LogP contribution in [0.2, 0.25) is 5.02 Å². The number of Topliss-reactive ketones (excluding diaryl/α,β-unsaturated/α-hetero) is 1. The molecular weight excluding hydrogens is 544 g/mol. The van der Waals surface area contributed by atoms with Gasteiger partial charge in [0, 0.05) is 16.8 Å². The summed E-state index contributed by atoms with van der Waals surface area (Å²) in [5.74, 6) is -1.84. The zero-order valence-corrected chi connectivity index (χ0v) is 21.4. The first-order valence-electron chi connectivity index (χ1n) is 11.5. The molecule has 0 spiro atoms. The number of nitrogens with zero attached hydrogens (tertiary/aromatic N) is 2. The molecule has 0 bridgehead atoms. The molecule has 3 aliphatic heterocycles. The predicted molar refractivity (Wildman–Crippen MR) is 140 cm³/mol. The molecule has 3 heterocycles. The summed E-state index contributed by atoms with van der Waals surface area (Å²) in [6.45, 7) is 0. The zero-order chi connectivity index (χ0) is 25.1. The number of rotatable bonds is 4. The summed E-state index contributed by atoms with van der Waals surface area (Å²) in [5, 5.41) is 0.508. The fourth-order valence-corrected chi connectivity index (χ4v) is 6.36. The van der Waals surface area contributed by atoms with Crippen LogP contribution in [0.15, 0.2) is 77.4 Å². The summed E-state index contributed by atoms with van der Waals surface area (Å²) in [7, 11) is 1.55. The van der Waals surface area contributed by atoms with Gasteiger partial charge < -0.3 is 9.64 Å². The number of imide groups is 1. The Morgan fingerprint density at radius 2 is 1.69 bits per heavy atom. The quantitative estimate of drug-likeness (QED) is 0.309. The van der Waals surface area contributed by atoms with Gasteiger partial charge in [-0.15, -0.1) is 0 Å². The number of methoxy groups -OCH3 is 1. The van der Waals surface area contributed by atoms with Gasteiger partial charge in [0.25, 0.3) is 0 Å². The van der Waals surface area contributed by atoms with E-state index in [-0.39, 0.29) is 17.6 Å². The van der Waals surface area contributed by atoms with Crippen molar-refractivity contribution in [2.24, 2.45) is 11.8 Å². The summed E-state index contributed by atoms with van der Waals surface area (Å²) in [5.41, 5.74) is 2.79. The number of carbonyl (C=O) groups is 3. The third-order valence-corrected chi connectivity index (χ3v) is 8.12. The van der Waals surface area contributed by atoms with Gasteiger partial charge in [0.2, 0.25) is 11.8 Å². The Labute approximate surface area is 221 Å². The molecule has 6 rings (SSSR count). The number of fused-ring (bicyclic) bond motifs is 5. The smallest absolute Gasteiger partial charge is 0.240 e. The Morgan fingerprint density at radius 3 is 2.42 bits per heavy atom. The van der Waals surface area contributed by atoms with Crippen molar-refractivity contribution in [3.8, 4) is 5.75 Å². The lowest BCUT2D eigenvalue weighted by Crippen LogP contribution is -2.44. The number of anilines is 1. The lowest BCUT2D eigenvalue weighted by atomic mass is 9.83. The van der Waals surface area contributed by atoms with Gasteiger partial charge in [-0.1, -0.05) is 35.9 Å². The van der Waals surface area contributed by atoms with E-state index in [1.54, 1.807) is 49.6 Å². The first kappa shape index (κ1) is 23.0. The Balaban J connectivity index is 1.48. The Hall–Kier alpha value is -3.42. The molecule has 0 aromatic heterocycles. The van der Waals surface area contributed by atoms with Gasteiger partial charge >= 0.3 is 0 Å². The second-order valence-electron chi connectivity index (χ2n) is 9.03. The van der Waals surface area contributed by atoms with Crippen LogP contribution in [0.5, 0.6) is 5.75 Å². The van der Waals surface area contributed by atoms with Gasteiger partial charge in [-0.25, -0.2) is 4.90 Å². The summed E-state index contributed by atoms with van der Waals surface area (Å²) in [6, 6.07) is 18.2. The minimum atomic E-state index is -0.835. The Kier molecular flexibility index (Phi) is 5.50. The fraction of sp³-hybridized carbons (Fsp3) is 0.179. The van der Waals surface area contributed by atoms with E-state index in [4.69, 9.17) is 16.3 Å². The highest BCUT2D eigenvalue weighted by molar-refractivity contribution is 9.10. The molecule has 0 N–H and O–H groups in total. The largest absolute Gasteiger partial charge is 0.496 e. The molecule has 0 aliphatic carbocycles. The van der Waals surface area contributed by atoms with Crippen LogP contribution in [0.3, 0.4) is 0 Å². The van der Waals surface area contributed by atoms with Crippen LogP contribution in [-0.4, -0.2) is 35.6 Å². The van der Waals surface area contributed by atoms with Crippen LogP contribution < -0.4 is 9.64 Å². The number of ether oxygens (including phenoxy) is 1. The zero-order valence-electron chi connectivity index (χ0n) is 19.1. The molecule has 3 aliphatic rings. The van der Waals surface area contributed by atoms with E-state index in [1.807, 2.05) is 41.4 Å². The van der Waals surface area contributed by atoms with Crippen LogP contribution in [0.1, 0.15) is 27.5 Å². The second-order valence-corrected chi connectivity index (χ2v) is 10.3. The average molecular weight is 564 g/mol. The summed E-state index contributed by atoms with van der Waals surface area (Å²) >= 11 is 9.49. The number of halogens is 2. The number of hydrogen-bond acceptors (Lipinski definition) is 5. The van der Waals surface area contributed by atoms with E-state index < -0.39 is 23.9 Å². The maximum absolute atomic E-state index is 14.0. The Bertz CT molecular complexity index is 1450. The van der Waals surface area contributed by atoms with E-state index in [9.17, 15) is 14.4 Å². The maximum Gasteiger partial charge on any atom is 0.240 e. The molecule has 4 atom stereocenters. The molecular formula is C28H20BrClN2O4. The van der Waals surface area contributed by atoms with Crippen LogP contribution in [0, 0.1) is 11.8 Å². The molecule has 36 heavy (non-hydrogen) atoms. The number of ketones is 1. The number of amides is 2. The number of carbonyl (C=O) groups excluding carboxylic acids is 3. The van der Waals surface area contributed by atoms with Gasteiger partial charge in [-0.2, -0.15) is 0 Å². The molecule has 3 aromatic rings. The van der Waals surface area contributed by atoms with E-state index in [2.05, 4.69) is 15.9 Å². The van der Waals surface area contributed by atoms with Crippen molar-refractivity contribution in [1.29, 1.82) is 0 Å². The summed E-state index contributed by atoms with van der Waals surface area (Å²) in [6.07, 6.45) is 3.78. The van der Waals surface area contributed by atoms with Crippen molar-refractivity contribution < 1.29 is 19.1 Å². The van der Waals surface area contributed by atoms with Crippen molar-refractivity contribution in [3.63, 3.8) is 0 Å². The molecule has 2 fully saturated rings. The first-order chi connectivity index (χ1) is 17.4. The van der Waals surface area contributed by atoms with Gasteiger partial charge in [0.05, 0.1) is 35.1 Å². The molecule has 6 nitrogen and oxygen atoms in total. The molecule has 0 saturated carbocycles.